The third kappa shape index (κ3) is 474. The summed E-state index contributed by atoms with van der Waals surface area (Å²) in [6.45, 7) is 0. The average molecular weight is 120 g/mol. The molecule has 0 amide bonds. The summed E-state index contributed by atoms with van der Waals surface area (Å²) in [6.07, 6.45) is 0. The Morgan fingerprint density at radius 3 is 1.14 bits per heavy atom. The molecular weight excluding hydrogens is 114 g/mol. The first kappa shape index (κ1) is 15.6. The molecule has 2 N–H and O–H groups in total. The Labute approximate surface area is 55.6 Å². The van der Waals surface area contributed by atoms with Crippen LogP contribution in [0.25, 0.3) is 0 Å². The van der Waals surface area contributed by atoms with E-state index in [1.54, 1.807) is 0 Å². The molecule has 0 fully saturated rings. The van der Waals surface area contributed by atoms with E-state index in [0.717, 1.165) is 0 Å². The summed E-state index contributed by atoms with van der Waals surface area (Å²) < 4.78 is 31.6. The van der Waals surface area contributed by atoms with Gasteiger partial charge in [0.2, 0.25) is 0 Å². The zero-order valence-corrected chi connectivity index (χ0v) is 2.94. The Bertz CT molecular complexity index is 94.9. The van der Waals surface area contributed by atoms with Gasteiger partial charge < -0.3 is 0 Å². The monoisotopic (exact) mass is 120 g/mol. The fraction of sp³-hybridized carbons (Fsp3) is 0. The van der Waals surface area contributed by atoms with E-state index in [1.807, 2.05) is 0 Å². The van der Waals surface area contributed by atoms with Crippen LogP contribution in [-0.4, -0.2) is 44.8 Å². The minimum absolute atomic E-state index is 0. The van der Waals surface area contributed by atoms with Crippen LogP contribution in [0.5, 0.6) is 0 Å². The third-order valence-electron chi connectivity index (χ3n) is 0. The van der Waals surface area contributed by atoms with Gasteiger partial charge in [-0.3, -0.25) is 9.11 Å². The van der Waals surface area contributed by atoms with E-state index < -0.39 is 10.4 Å². The molecule has 0 rings (SSSR count). The molecule has 0 unspecified atom stereocenters. The summed E-state index contributed by atoms with van der Waals surface area (Å²) in [5, 5.41) is 0. The van der Waals surface area contributed by atoms with Crippen molar-refractivity contribution >= 4 is 37.7 Å². The molecule has 0 radical (unpaired) electrons. The standard InChI is InChI=1S/BH3.Li.H2O4S.H/c;;1-5(2,3)4;/h1H3;;(H2,1,2,3,4);. The Morgan fingerprint density at radius 1 is 1.14 bits per heavy atom. The van der Waals surface area contributed by atoms with Crippen molar-refractivity contribution in [2.75, 3.05) is 0 Å². The molecule has 0 aromatic carbocycles. The van der Waals surface area contributed by atoms with Gasteiger partial charge in [-0.2, -0.15) is 8.42 Å². The molecule has 0 aliphatic heterocycles. The Balaban J connectivity index is -0.0000000800. The molecule has 40 valence electrons. The first-order valence-electron chi connectivity index (χ1n) is 0.698. The molecule has 0 saturated carbocycles. The van der Waals surface area contributed by atoms with E-state index in [9.17, 15) is 0 Å². The number of hydrogen-bond acceptors (Lipinski definition) is 2. The van der Waals surface area contributed by atoms with Gasteiger partial charge in [-0.15, -0.1) is 0 Å². The summed E-state index contributed by atoms with van der Waals surface area (Å²) in [5.74, 6) is 0. The minimum atomic E-state index is -4.67. The molecule has 4 nitrogen and oxygen atoms in total. The quantitative estimate of drug-likeness (QED) is 0.274. The zero-order valence-electron chi connectivity index (χ0n) is 2.12. The summed E-state index contributed by atoms with van der Waals surface area (Å²) in [6, 6.07) is 0. The van der Waals surface area contributed by atoms with Gasteiger partial charge in [0, 0.05) is 0 Å². The van der Waals surface area contributed by atoms with E-state index in [2.05, 4.69) is 0 Å². The second kappa shape index (κ2) is 4.69. The van der Waals surface area contributed by atoms with Gasteiger partial charge in [0.15, 0.2) is 0 Å². The van der Waals surface area contributed by atoms with E-state index in [4.69, 9.17) is 17.5 Å². The van der Waals surface area contributed by atoms with Crippen molar-refractivity contribution in [1.82, 2.24) is 0 Å². The predicted octanol–water partition coefficient (Wildman–Crippen LogP) is -2.49. The van der Waals surface area contributed by atoms with E-state index >= 15 is 0 Å². The first-order chi connectivity index (χ1) is 2.00. The topological polar surface area (TPSA) is 74.6 Å². The molecule has 0 aliphatic rings. The van der Waals surface area contributed by atoms with Gasteiger partial charge in [-0.1, -0.05) is 0 Å². The molecule has 0 bridgehead atoms. The van der Waals surface area contributed by atoms with E-state index in [1.165, 1.54) is 0 Å². The SMILES string of the molecule is B.O=S(=O)(O)O.[LiH]. The fourth-order valence-electron chi connectivity index (χ4n) is 0. The van der Waals surface area contributed by atoms with Crippen molar-refractivity contribution < 1.29 is 17.5 Å². The molecule has 0 spiro atoms. The fourth-order valence-corrected chi connectivity index (χ4v) is 0. The number of hydrogen-bond donors (Lipinski definition) is 2. The third-order valence-corrected chi connectivity index (χ3v) is 0. The normalized spacial score (nSPS) is 8.29. The van der Waals surface area contributed by atoms with Gasteiger partial charge in [0.1, 0.15) is 0 Å². The van der Waals surface area contributed by atoms with Crippen LogP contribution in [0.15, 0.2) is 0 Å². The summed E-state index contributed by atoms with van der Waals surface area (Å²) in [5.41, 5.74) is 0. The van der Waals surface area contributed by atoms with Gasteiger partial charge in [-0.25, -0.2) is 0 Å². The molecule has 0 aromatic heterocycles. The van der Waals surface area contributed by atoms with Gasteiger partial charge >= 0.3 is 29.3 Å². The van der Waals surface area contributed by atoms with Crippen LogP contribution in [0.3, 0.4) is 0 Å². The van der Waals surface area contributed by atoms with Crippen molar-refractivity contribution in [1.29, 1.82) is 0 Å². The van der Waals surface area contributed by atoms with E-state index in [0.29, 0.717) is 0 Å². The van der Waals surface area contributed by atoms with Crippen LogP contribution >= 0.6 is 0 Å². The van der Waals surface area contributed by atoms with Crippen LogP contribution in [0.4, 0.5) is 0 Å². The van der Waals surface area contributed by atoms with Crippen molar-refractivity contribution in [2.45, 2.75) is 0 Å². The van der Waals surface area contributed by atoms with Crippen molar-refractivity contribution in [3.8, 4) is 0 Å². The Morgan fingerprint density at radius 2 is 1.14 bits per heavy atom. The summed E-state index contributed by atoms with van der Waals surface area (Å²) >= 11 is 0. The Kier molecular flexibility index (Phi) is 10.5. The Hall–Kier alpha value is 0.532. The maximum atomic E-state index is 8.74. The van der Waals surface area contributed by atoms with Crippen molar-refractivity contribution in [2.24, 2.45) is 0 Å². The van der Waals surface area contributed by atoms with Gasteiger partial charge in [0.05, 0.1) is 8.41 Å². The molecule has 0 aliphatic carbocycles. The maximum absolute atomic E-state index is 8.74. The summed E-state index contributed by atoms with van der Waals surface area (Å²) in [7, 11) is -4.67. The molecule has 0 aromatic rings. The van der Waals surface area contributed by atoms with Gasteiger partial charge in [0.25, 0.3) is 0 Å². The first-order valence-corrected chi connectivity index (χ1v) is 2.10. The van der Waals surface area contributed by atoms with Crippen LogP contribution in [-0.2, 0) is 10.4 Å². The number of rotatable bonds is 0. The molecule has 0 heterocycles. The van der Waals surface area contributed by atoms with Crippen molar-refractivity contribution in [3.63, 3.8) is 0 Å². The van der Waals surface area contributed by atoms with Crippen LogP contribution in [0.2, 0.25) is 0 Å². The van der Waals surface area contributed by atoms with Crippen LogP contribution in [0, 0.1) is 0 Å². The summed E-state index contributed by atoms with van der Waals surface area (Å²) in [4.78, 5) is 0. The van der Waals surface area contributed by atoms with Gasteiger partial charge in [-0.05, 0) is 0 Å². The van der Waals surface area contributed by atoms with Crippen LogP contribution in [0.1, 0.15) is 0 Å². The molecular formula is H6BLiO4S. The zero-order chi connectivity index (χ0) is 4.50. The van der Waals surface area contributed by atoms with Crippen molar-refractivity contribution in [3.05, 3.63) is 0 Å². The second-order valence-corrected chi connectivity index (χ2v) is 1.34. The molecule has 7 heavy (non-hydrogen) atoms. The van der Waals surface area contributed by atoms with Crippen LogP contribution < -0.4 is 0 Å². The molecule has 7 heteroatoms. The average Bonchev–Trinajstić information content (AvgIpc) is 0.722. The molecule has 0 saturated heterocycles. The predicted molar refractivity (Wildman–Crippen MR) is 31.3 cm³/mol. The second-order valence-electron chi connectivity index (χ2n) is 0.448. The molecule has 0 atom stereocenters. The van der Waals surface area contributed by atoms with E-state index in [-0.39, 0.29) is 27.3 Å².